The lowest BCUT2D eigenvalue weighted by Gasteiger charge is -2.12. The van der Waals surface area contributed by atoms with E-state index in [2.05, 4.69) is 30.6 Å². The molecule has 0 radical (unpaired) electrons. The van der Waals surface area contributed by atoms with Gasteiger partial charge in [-0.1, -0.05) is 11.6 Å². The van der Waals surface area contributed by atoms with E-state index in [1.165, 1.54) is 12.3 Å². The van der Waals surface area contributed by atoms with Crippen LogP contribution in [-0.2, 0) is 10.0 Å². The minimum Gasteiger partial charge on any atom is -0.504 e. The lowest BCUT2D eigenvalue weighted by atomic mass is 10.4. The maximum Gasteiger partial charge on any atom is 0.263 e. The molecule has 0 aliphatic heterocycles. The molecule has 0 saturated heterocycles. The molecule has 2 N–H and O–H groups in total. The summed E-state index contributed by atoms with van der Waals surface area (Å²) in [6.45, 7) is 3.66. The van der Waals surface area contributed by atoms with E-state index in [1.54, 1.807) is 0 Å². The van der Waals surface area contributed by atoms with Crippen LogP contribution in [-0.4, -0.2) is 29.6 Å². The van der Waals surface area contributed by atoms with E-state index in [9.17, 15) is 13.5 Å². The third-order valence-electron chi connectivity index (χ3n) is 2.56. The van der Waals surface area contributed by atoms with Crippen LogP contribution in [0.5, 0.6) is 11.6 Å². The molecule has 23 heavy (non-hydrogen) atoms. The summed E-state index contributed by atoms with van der Waals surface area (Å²) in [5.41, 5.74) is -0.129. The van der Waals surface area contributed by atoms with Crippen LogP contribution in [0.4, 0.5) is 5.69 Å². The molecule has 0 unspecified atom stereocenters. The highest BCUT2D eigenvalue weighted by molar-refractivity contribution is 9.10. The third kappa shape index (κ3) is 4.24. The van der Waals surface area contributed by atoms with Crippen LogP contribution in [0, 0.1) is 0 Å². The first-order valence-corrected chi connectivity index (χ1v) is 9.03. The first-order chi connectivity index (χ1) is 10.7. The quantitative estimate of drug-likeness (QED) is 0.767. The molecule has 0 aromatic carbocycles. The molecule has 0 spiro atoms. The summed E-state index contributed by atoms with van der Waals surface area (Å²) >= 11 is 8.92. The molecule has 2 aromatic heterocycles. The number of sulfonamides is 1. The van der Waals surface area contributed by atoms with Crippen molar-refractivity contribution in [2.45, 2.75) is 24.8 Å². The van der Waals surface area contributed by atoms with Crippen molar-refractivity contribution in [3.05, 3.63) is 34.2 Å². The number of halogens is 2. The van der Waals surface area contributed by atoms with Gasteiger partial charge in [-0.2, -0.15) is 0 Å². The number of aromatic hydroxyl groups is 1. The lowest BCUT2D eigenvalue weighted by molar-refractivity contribution is 0.230. The minimum atomic E-state index is -3.98. The molecule has 0 amide bonds. The van der Waals surface area contributed by atoms with E-state index in [0.717, 1.165) is 12.4 Å². The Kier molecular flexibility index (Phi) is 5.33. The predicted molar refractivity (Wildman–Crippen MR) is 89.4 cm³/mol. The Bertz CT molecular complexity index is 830. The van der Waals surface area contributed by atoms with Crippen LogP contribution >= 0.6 is 27.5 Å². The summed E-state index contributed by atoms with van der Waals surface area (Å²) in [5, 5.41) is 9.70. The normalized spacial score (nSPS) is 11.5. The van der Waals surface area contributed by atoms with Gasteiger partial charge in [-0.25, -0.2) is 13.4 Å². The summed E-state index contributed by atoms with van der Waals surface area (Å²) < 4.78 is 32.7. The smallest absolute Gasteiger partial charge is 0.263 e. The molecule has 10 heteroatoms. The topological polar surface area (TPSA) is 101 Å². The summed E-state index contributed by atoms with van der Waals surface area (Å²) in [6, 6.07) is 1.35. The van der Waals surface area contributed by atoms with Gasteiger partial charge in [-0.05, 0) is 35.8 Å². The number of rotatable bonds is 5. The molecular formula is C13H13BrClN3O4S. The fourth-order valence-electron chi connectivity index (χ4n) is 1.57. The Labute approximate surface area is 146 Å². The molecule has 0 aliphatic rings. The van der Waals surface area contributed by atoms with Crippen molar-refractivity contribution in [3.63, 3.8) is 0 Å². The molecular weight excluding hydrogens is 410 g/mol. The zero-order valence-corrected chi connectivity index (χ0v) is 15.3. The van der Waals surface area contributed by atoms with Gasteiger partial charge in [-0.15, -0.1) is 0 Å². The van der Waals surface area contributed by atoms with Gasteiger partial charge in [0.05, 0.1) is 23.0 Å². The second kappa shape index (κ2) is 6.90. The average molecular weight is 423 g/mol. The maximum atomic E-state index is 12.4. The zero-order chi connectivity index (χ0) is 17.2. The fraction of sp³-hybridized carbons (Fsp3) is 0.231. The Hall–Kier alpha value is -1.58. The third-order valence-corrected chi connectivity index (χ3v) is 4.73. The monoisotopic (exact) mass is 421 g/mol. The Morgan fingerprint density at radius 3 is 2.65 bits per heavy atom. The van der Waals surface area contributed by atoms with Gasteiger partial charge in [-0.3, -0.25) is 9.71 Å². The standard InChI is InChI=1S/C13H13BrClN3O4S/c1-7(2)22-13-9(14)3-8(4-17-13)23(20,21)18-11-6-16-5-10(15)12(11)19/h3-7,18H,1-2H3,(H,16,19). The predicted octanol–water partition coefficient (Wildman–Crippen LogP) is 3.19. The van der Waals surface area contributed by atoms with Gasteiger partial charge in [0.15, 0.2) is 5.75 Å². The maximum absolute atomic E-state index is 12.4. The first kappa shape index (κ1) is 17.8. The van der Waals surface area contributed by atoms with Crippen molar-refractivity contribution < 1.29 is 18.3 Å². The van der Waals surface area contributed by atoms with Crippen LogP contribution in [0.3, 0.4) is 0 Å². The Morgan fingerprint density at radius 2 is 2.04 bits per heavy atom. The first-order valence-electron chi connectivity index (χ1n) is 6.38. The number of anilines is 1. The number of pyridine rings is 2. The molecule has 2 heterocycles. The highest BCUT2D eigenvalue weighted by Gasteiger charge is 2.20. The second-order valence-electron chi connectivity index (χ2n) is 4.75. The van der Waals surface area contributed by atoms with E-state index in [0.29, 0.717) is 4.47 Å². The van der Waals surface area contributed by atoms with Gasteiger partial charge in [0.2, 0.25) is 5.88 Å². The SMILES string of the molecule is CC(C)Oc1ncc(S(=O)(=O)Nc2cncc(Cl)c2O)cc1Br. The van der Waals surface area contributed by atoms with E-state index < -0.39 is 15.8 Å². The van der Waals surface area contributed by atoms with Crippen LogP contribution < -0.4 is 9.46 Å². The van der Waals surface area contributed by atoms with Crippen molar-refractivity contribution in [2.75, 3.05) is 4.72 Å². The molecule has 0 bridgehead atoms. The second-order valence-corrected chi connectivity index (χ2v) is 7.69. The fourth-order valence-corrected chi connectivity index (χ4v) is 3.34. The number of aromatic nitrogens is 2. The van der Waals surface area contributed by atoms with E-state index in [1.807, 2.05) is 13.8 Å². The van der Waals surface area contributed by atoms with Crippen LogP contribution in [0.15, 0.2) is 34.0 Å². The average Bonchev–Trinajstić information content (AvgIpc) is 2.45. The summed E-state index contributed by atoms with van der Waals surface area (Å²) in [4.78, 5) is 7.59. The van der Waals surface area contributed by atoms with Crippen LogP contribution in [0.25, 0.3) is 0 Å². The number of nitrogens with zero attached hydrogens (tertiary/aromatic N) is 2. The van der Waals surface area contributed by atoms with Gasteiger partial charge in [0.25, 0.3) is 10.0 Å². The van der Waals surface area contributed by atoms with Crippen LogP contribution in [0.1, 0.15) is 13.8 Å². The number of ether oxygens (including phenoxy) is 1. The highest BCUT2D eigenvalue weighted by atomic mass is 79.9. The number of hydrogen-bond acceptors (Lipinski definition) is 6. The molecule has 2 aromatic rings. The summed E-state index contributed by atoms with van der Waals surface area (Å²) in [6.07, 6.45) is 3.40. The van der Waals surface area contributed by atoms with Gasteiger partial charge in [0, 0.05) is 6.20 Å². The van der Waals surface area contributed by atoms with Gasteiger partial charge >= 0.3 is 0 Å². The van der Waals surface area contributed by atoms with Crippen molar-refractivity contribution >= 4 is 43.2 Å². The molecule has 0 atom stereocenters. The Balaban J connectivity index is 2.33. The van der Waals surface area contributed by atoms with Crippen molar-refractivity contribution in [2.24, 2.45) is 0 Å². The van der Waals surface area contributed by atoms with Gasteiger partial charge < -0.3 is 9.84 Å². The minimum absolute atomic E-state index is 0.0646. The van der Waals surface area contributed by atoms with E-state index in [-0.39, 0.29) is 27.6 Å². The lowest BCUT2D eigenvalue weighted by Crippen LogP contribution is -2.14. The molecule has 2 rings (SSSR count). The summed E-state index contributed by atoms with van der Waals surface area (Å²) in [5.74, 6) is -0.122. The number of hydrogen-bond donors (Lipinski definition) is 2. The molecule has 0 aliphatic carbocycles. The molecule has 0 fully saturated rings. The molecule has 0 saturated carbocycles. The van der Waals surface area contributed by atoms with Crippen molar-refractivity contribution in [1.29, 1.82) is 0 Å². The molecule has 124 valence electrons. The molecule has 7 nitrogen and oxygen atoms in total. The Morgan fingerprint density at radius 1 is 1.35 bits per heavy atom. The van der Waals surface area contributed by atoms with Crippen LogP contribution in [0.2, 0.25) is 5.02 Å². The van der Waals surface area contributed by atoms with Crippen molar-refractivity contribution in [3.8, 4) is 11.6 Å². The summed E-state index contributed by atoms with van der Waals surface area (Å²) in [7, 11) is -3.98. The largest absolute Gasteiger partial charge is 0.504 e. The van der Waals surface area contributed by atoms with Crippen molar-refractivity contribution in [1.82, 2.24) is 9.97 Å². The van der Waals surface area contributed by atoms with E-state index >= 15 is 0 Å². The van der Waals surface area contributed by atoms with Gasteiger partial charge in [0.1, 0.15) is 15.6 Å². The zero-order valence-electron chi connectivity index (χ0n) is 12.1. The highest BCUT2D eigenvalue weighted by Crippen LogP contribution is 2.32. The van der Waals surface area contributed by atoms with E-state index in [4.69, 9.17) is 16.3 Å². The number of nitrogens with one attached hydrogen (secondary N) is 1.